The van der Waals surface area contributed by atoms with Crippen molar-refractivity contribution in [2.24, 2.45) is 0 Å². The Balaban J connectivity index is 2.26. The molecule has 0 aliphatic carbocycles. The molecule has 2 aromatic carbocycles. The number of rotatable bonds is 5. The molecule has 0 aliphatic heterocycles. The number of halogens is 1. The van der Waals surface area contributed by atoms with Gasteiger partial charge < -0.3 is 5.32 Å². The number of benzene rings is 2. The highest BCUT2D eigenvalue weighted by atomic mass is 79.9. The molecule has 2 rings (SSSR count). The number of aryl methyl sites for hydroxylation is 2. The fraction of sp³-hybridized carbons (Fsp3) is 0.294. The van der Waals surface area contributed by atoms with Crippen molar-refractivity contribution in [3.63, 3.8) is 0 Å². The summed E-state index contributed by atoms with van der Waals surface area (Å²) in [6, 6.07) is 13.2. The first-order valence-corrected chi connectivity index (χ1v) is 8.45. The van der Waals surface area contributed by atoms with Crippen molar-refractivity contribution in [3.8, 4) is 0 Å². The summed E-state index contributed by atoms with van der Waals surface area (Å²) in [6.07, 6.45) is 0. The van der Waals surface area contributed by atoms with Gasteiger partial charge in [-0.2, -0.15) is 0 Å². The Kier molecular flexibility index (Phi) is 5.70. The second-order valence-electron chi connectivity index (χ2n) is 4.88. The highest BCUT2D eigenvalue weighted by Crippen LogP contribution is 2.33. The van der Waals surface area contributed by atoms with E-state index < -0.39 is 0 Å². The SMILES string of the molecule is CCNCc1ccc(Br)cc1Sc1ccc(C)c(C)c1. The average Bonchev–Trinajstić information content (AvgIpc) is 2.42. The van der Waals surface area contributed by atoms with E-state index in [2.05, 4.69) is 78.4 Å². The fourth-order valence-corrected chi connectivity index (χ4v) is 3.53. The van der Waals surface area contributed by atoms with Crippen molar-refractivity contribution < 1.29 is 0 Å². The lowest BCUT2D eigenvalue weighted by Crippen LogP contribution is -2.12. The van der Waals surface area contributed by atoms with Gasteiger partial charge in [-0.3, -0.25) is 0 Å². The second-order valence-corrected chi connectivity index (χ2v) is 6.91. The molecular weight excluding hydrogens is 330 g/mol. The van der Waals surface area contributed by atoms with Crippen LogP contribution in [0.15, 0.2) is 50.7 Å². The van der Waals surface area contributed by atoms with E-state index in [0.29, 0.717) is 0 Å². The van der Waals surface area contributed by atoms with Gasteiger partial charge in [-0.25, -0.2) is 0 Å². The van der Waals surface area contributed by atoms with Crippen LogP contribution in [0.1, 0.15) is 23.6 Å². The molecule has 0 heterocycles. The molecule has 0 radical (unpaired) electrons. The molecule has 0 fully saturated rings. The summed E-state index contributed by atoms with van der Waals surface area (Å²) in [5.74, 6) is 0. The predicted molar refractivity (Wildman–Crippen MR) is 91.6 cm³/mol. The lowest BCUT2D eigenvalue weighted by molar-refractivity contribution is 0.718. The van der Waals surface area contributed by atoms with E-state index in [1.54, 1.807) is 0 Å². The number of nitrogens with one attached hydrogen (secondary N) is 1. The fourth-order valence-electron chi connectivity index (χ4n) is 1.93. The van der Waals surface area contributed by atoms with Crippen LogP contribution in [0.4, 0.5) is 0 Å². The third kappa shape index (κ3) is 4.11. The van der Waals surface area contributed by atoms with E-state index in [-0.39, 0.29) is 0 Å². The van der Waals surface area contributed by atoms with Crippen molar-refractivity contribution in [2.45, 2.75) is 37.1 Å². The van der Waals surface area contributed by atoms with Crippen LogP contribution < -0.4 is 5.32 Å². The number of hydrogen-bond donors (Lipinski definition) is 1. The topological polar surface area (TPSA) is 12.0 Å². The van der Waals surface area contributed by atoms with Gasteiger partial charge in [0.1, 0.15) is 0 Å². The second kappa shape index (κ2) is 7.30. The first-order chi connectivity index (χ1) is 9.60. The Morgan fingerprint density at radius 2 is 1.85 bits per heavy atom. The molecule has 0 spiro atoms. The zero-order chi connectivity index (χ0) is 14.5. The maximum absolute atomic E-state index is 3.57. The zero-order valence-electron chi connectivity index (χ0n) is 12.2. The van der Waals surface area contributed by atoms with E-state index >= 15 is 0 Å². The largest absolute Gasteiger partial charge is 0.313 e. The van der Waals surface area contributed by atoms with Crippen LogP contribution in [0.3, 0.4) is 0 Å². The molecule has 0 aromatic heterocycles. The summed E-state index contributed by atoms with van der Waals surface area (Å²) < 4.78 is 1.13. The molecule has 0 saturated carbocycles. The first kappa shape index (κ1) is 15.6. The minimum absolute atomic E-state index is 0.914. The van der Waals surface area contributed by atoms with Crippen LogP contribution in [0.5, 0.6) is 0 Å². The summed E-state index contributed by atoms with van der Waals surface area (Å²) in [5, 5.41) is 3.40. The van der Waals surface area contributed by atoms with E-state index in [4.69, 9.17) is 0 Å². The van der Waals surface area contributed by atoms with Gasteiger partial charge in [-0.15, -0.1) is 0 Å². The Bertz CT molecular complexity index is 596. The maximum atomic E-state index is 3.57. The van der Waals surface area contributed by atoms with E-state index in [0.717, 1.165) is 17.6 Å². The predicted octanol–water partition coefficient (Wildman–Crippen LogP) is 5.33. The molecule has 0 unspecified atom stereocenters. The van der Waals surface area contributed by atoms with Gasteiger partial charge in [-0.1, -0.05) is 46.7 Å². The molecule has 1 N–H and O–H groups in total. The van der Waals surface area contributed by atoms with Crippen molar-refractivity contribution in [1.82, 2.24) is 5.32 Å². The normalized spacial score (nSPS) is 10.8. The number of hydrogen-bond acceptors (Lipinski definition) is 2. The van der Waals surface area contributed by atoms with Gasteiger partial charge in [0.05, 0.1) is 0 Å². The minimum Gasteiger partial charge on any atom is -0.313 e. The Labute approximate surface area is 134 Å². The van der Waals surface area contributed by atoms with Crippen molar-refractivity contribution >= 4 is 27.7 Å². The monoisotopic (exact) mass is 349 g/mol. The zero-order valence-corrected chi connectivity index (χ0v) is 14.6. The lowest BCUT2D eigenvalue weighted by atomic mass is 10.1. The smallest absolute Gasteiger partial charge is 0.0216 e. The third-order valence-electron chi connectivity index (χ3n) is 3.30. The summed E-state index contributed by atoms with van der Waals surface area (Å²) >= 11 is 5.40. The standard InChI is InChI=1S/C17H20BrNS/c1-4-19-11-14-6-7-15(18)10-17(14)20-16-8-5-12(2)13(3)9-16/h5-10,19H,4,11H2,1-3H3. The van der Waals surface area contributed by atoms with Crippen molar-refractivity contribution in [1.29, 1.82) is 0 Å². The van der Waals surface area contributed by atoms with Gasteiger partial charge in [-0.05, 0) is 61.3 Å². The highest BCUT2D eigenvalue weighted by Gasteiger charge is 2.06. The molecular formula is C17H20BrNS. The summed E-state index contributed by atoms with van der Waals surface area (Å²) in [4.78, 5) is 2.60. The van der Waals surface area contributed by atoms with Crippen LogP contribution in [0.25, 0.3) is 0 Å². The molecule has 0 aliphatic rings. The quantitative estimate of drug-likeness (QED) is 0.783. The van der Waals surface area contributed by atoms with E-state index in [1.165, 1.54) is 26.5 Å². The van der Waals surface area contributed by atoms with Gasteiger partial charge in [0.25, 0.3) is 0 Å². The molecule has 106 valence electrons. The van der Waals surface area contributed by atoms with Crippen LogP contribution in [-0.4, -0.2) is 6.54 Å². The molecule has 3 heteroatoms. The molecule has 0 atom stereocenters. The van der Waals surface area contributed by atoms with E-state index in [9.17, 15) is 0 Å². The van der Waals surface area contributed by atoms with Crippen LogP contribution in [0, 0.1) is 13.8 Å². The Hall–Kier alpha value is -0.770. The minimum atomic E-state index is 0.914. The molecule has 0 amide bonds. The molecule has 1 nitrogen and oxygen atoms in total. The Morgan fingerprint density at radius 1 is 1.05 bits per heavy atom. The molecule has 0 bridgehead atoms. The van der Waals surface area contributed by atoms with E-state index in [1.807, 2.05) is 11.8 Å². The van der Waals surface area contributed by atoms with Crippen LogP contribution >= 0.6 is 27.7 Å². The van der Waals surface area contributed by atoms with Gasteiger partial charge in [0.2, 0.25) is 0 Å². The van der Waals surface area contributed by atoms with Crippen molar-refractivity contribution in [3.05, 3.63) is 57.6 Å². The van der Waals surface area contributed by atoms with Gasteiger partial charge in [0, 0.05) is 20.8 Å². The van der Waals surface area contributed by atoms with Gasteiger partial charge >= 0.3 is 0 Å². The summed E-state index contributed by atoms with van der Waals surface area (Å²) in [5.41, 5.74) is 4.04. The summed E-state index contributed by atoms with van der Waals surface area (Å²) in [6.45, 7) is 8.36. The molecule has 0 saturated heterocycles. The van der Waals surface area contributed by atoms with Crippen LogP contribution in [0.2, 0.25) is 0 Å². The van der Waals surface area contributed by atoms with Crippen LogP contribution in [-0.2, 0) is 6.54 Å². The highest BCUT2D eigenvalue weighted by molar-refractivity contribution is 9.10. The lowest BCUT2D eigenvalue weighted by Gasteiger charge is -2.11. The Morgan fingerprint density at radius 3 is 2.55 bits per heavy atom. The van der Waals surface area contributed by atoms with Gasteiger partial charge in [0.15, 0.2) is 0 Å². The summed E-state index contributed by atoms with van der Waals surface area (Å²) in [7, 11) is 0. The van der Waals surface area contributed by atoms with Crippen molar-refractivity contribution in [2.75, 3.05) is 6.54 Å². The maximum Gasteiger partial charge on any atom is 0.0216 e. The molecule has 2 aromatic rings. The average molecular weight is 350 g/mol. The molecule has 20 heavy (non-hydrogen) atoms. The first-order valence-electron chi connectivity index (χ1n) is 6.84. The third-order valence-corrected chi connectivity index (χ3v) is 4.88.